The van der Waals surface area contributed by atoms with Gasteiger partial charge in [-0.15, -0.1) is 0 Å². The van der Waals surface area contributed by atoms with Gasteiger partial charge in [-0.2, -0.15) is 0 Å². The first kappa shape index (κ1) is 24.7. The highest BCUT2D eigenvalue weighted by molar-refractivity contribution is 5.94. The van der Waals surface area contributed by atoms with Gasteiger partial charge < -0.3 is 19.9 Å². The van der Waals surface area contributed by atoms with Gasteiger partial charge in [-0.05, 0) is 89.2 Å². The summed E-state index contributed by atoms with van der Waals surface area (Å²) in [6.07, 6.45) is 3.19. The van der Waals surface area contributed by atoms with Crippen LogP contribution in [0.25, 0.3) is 0 Å². The van der Waals surface area contributed by atoms with Crippen molar-refractivity contribution < 1.29 is 18.7 Å². The summed E-state index contributed by atoms with van der Waals surface area (Å²) in [5, 5.41) is 2.92. The highest BCUT2D eigenvalue weighted by Gasteiger charge is 2.29. The summed E-state index contributed by atoms with van der Waals surface area (Å²) in [5.41, 5.74) is 1.29. The van der Waals surface area contributed by atoms with Crippen LogP contribution >= 0.6 is 0 Å². The third kappa shape index (κ3) is 6.54. The second-order valence-corrected chi connectivity index (χ2v) is 8.99. The molecule has 6 nitrogen and oxygen atoms in total. The Morgan fingerprint density at radius 3 is 2.39 bits per heavy atom. The first-order valence-corrected chi connectivity index (χ1v) is 11.5. The number of benzene rings is 2. The molecule has 2 aromatic rings. The zero-order valence-corrected chi connectivity index (χ0v) is 19.9. The summed E-state index contributed by atoms with van der Waals surface area (Å²) in [4.78, 5) is 29.1. The van der Waals surface area contributed by atoms with Crippen LogP contribution in [0.2, 0.25) is 0 Å². The number of carbonyl (C=O) groups excluding carboxylic acids is 2. The number of rotatable bonds is 8. The average Bonchev–Trinajstić information content (AvgIpc) is 2.78. The van der Waals surface area contributed by atoms with E-state index in [4.69, 9.17) is 4.74 Å². The van der Waals surface area contributed by atoms with E-state index < -0.39 is 0 Å². The average molecular weight is 456 g/mol. The van der Waals surface area contributed by atoms with E-state index in [-0.39, 0.29) is 42.4 Å². The van der Waals surface area contributed by atoms with Crippen molar-refractivity contribution in [1.29, 1.82) is 0 Å². The Hall–Kier alpha value is -2.93. The number of likely N-dealkylation sites (N-methyl/N-ethyl adjacent to an activating group) is 1. The Morgan fingerprint density at radius 1 is 1.12 bits per heavy atom. The van der Waals surface area contributed by atoms with Crippen molar-refractivity contribution in [3.05, 3.63) is 65.5 Å². The first-order chi connectivity index (χ1) is 15.8. The Kier molecular flexibility index (Phi) is 8.44. The molecule has 0 saturated carbocycles. The normalized spacial score (nSPS) is 19.3. The Bertz CT molecular complexity index is 938. The third-order valence-corrected chi connectivity index (χ3v) is 6.27. The molecule has 3 unspecified atom stereocenters. The highest BCUT2D eigenvalue weighted by Crippen LogP contribution is 2.23. The van der Waals surface area contributed by atoms with E-state index in [2.05, 4.69) is 19.2 Å². The van der Waals surface area contributed by atoms with Crippen molar-refractivity contribution >= 4 is 11.8 Å². The molecule has 2 aromatic carbocycles. The molecule has 1 fully saturated rings. The minimum absolute atomic E-state index is 0.0106. The van der Waals surface area contributed by atoms with Gasteiger partial charge in [-0.3, -0.25) is 9.59 Å². The molecule has 1 aliphatic heterocycles. The predicted molar refractivity (Wildman–Crippen MR) is 127 cm³/mol. The van der Waals surface area contributed by atoms with Crippen molar-refractivity contribution in [3.8, 4) is 5.75 Å². The lowest BCUT2D eigenvalue weighted by Crippen LogP contribution is -2.49. The van der Waals surface area contributed by atoms with E-state index in [0.29, 0.717) is 17.9 Å². The first-order valence-electron chi connectivity index (χ1n) is 11.5. The molecule has 1 N–H and O–H groups in total. The van der Waals surface area contributed by atoms with Crippen molar-refractivity contribution in [2.75, 3.05) is 27.2 Å². The molecule has 178 valence electrons. The molecular weight excluding hydrogens is 421 g/mol. The fourth-order valence-corrected chi connectivity index (χ4v) is 4.44. The zero-order chi connectivity index (χ0) is 24.0. The minimum Gasteiger partial charge on any atom is -0.484 e. The smallest absolute Gasteiger partial charge is 0.260 e. The maximum Gasteiger partial charge on any atom is 0.260 e. The van der Waals surface area contributed by atoms with Crippen LogP contribution in [0.15, 0.2) is 48.5 Å². The molecule has 33 heavy (non-hydrogen) atoms. The second kappa shape index (κ2) is 11.3. The van der Waals surface area contributed by atoms with E-state index in [1.54, 1.807) is 30.3 Å². The van der Waals surface area contributed by atoms with Crippen LogP contribution in [0.4, 0.5) is 4.39 Å². The monoisotopic (exact) mass is 455 g/mol. The number of nitrogens with one attached hydrogen (secondary N) is 1. The number of ether oxygens (including phenoxy) is 1. The van der Waals surface area contributed by atoms with Crippen LogP contribution in [-0.4, -0.2) is 60.9 Å². The van der Waals surface area contributed by atoms with E-state index in [1.165, 1.54) is 12.1 Å². The van der Waals surface area contributed by atoms with Gasteiger partial charge >= 0.3 is 0 Å². The largest absolute Gasteiger partial charge is 0.484 e. The number of likely N-dealkylation sites (tertiary alicyclic amines) is 1. The Balaban J connectivity index is 1.53. The molecule has 3 atom stereocenters. The molecule has 0 spiro atoms. The lowest BCUT2D eigenvalue weighted by Gasteiger charge is -2.38. The number of amides is 2. The molecule has 0 bridgehead atoms. The number of hydrogen-bond acceptors (Lipinski definition) is 4. The molecule has 0 aromatic heterocycles. The van der Waals surface area contributed by atoms with Gasteiger partial charge in [-0.1, -0.05) is 12.1 Å². The second-order valence-electron chi connectivity index (χ2n) is 8.99. The summed E-state index contributed by atoms with van der Waals surface area (Å²) >= 11 is 0. The highest BCUT2D eigenvalue weighted by atomic mass is 19.1. The number of halogens is 1. The number of piperidine rings is 1. The van der Waals surface area contributed by atoms with Crippen LogP contribution in [0.3, 0.4) is 0 Å². The van der Waals surface area contributed by atoms with Crippen LogP contribution in [0.1, 0.15) is 55.1 Å². The quantitative estimate of drug-likeness (QED) is 0.653. The van der Waals surface area contributed by atoms with Crippen LogP contribution in [-0.2, 0) is 4.79 Å². The van der Waals surface area contributed by atoms with Gasteiger partial charge in [-0.25, -0.2) is 4.39 Å². The van der Waals surface area contributed by atoms with Gasteiger partial charge in [0.25, 0.3) is 11.8 Å². The van der Waals surface area contributed by atoms with Crippen molar-refractivity contribution in [3.63, 3.8) is 0 Å². The maximum absolute atomic E-state index is 13.6. The summed E-state index contributed by atoms with van der Waals surface area (Å²) in [7, 11) is 3.78. The van der Waals surface area contributed by atoms with Crippen LogP contribution < -0.4 is 10.1 Å². The lowest BCUT2D eigenvalue weighted by molar-refractivity contribution is -0.139. The summed E-state index contributed by atoms with van der Waals surface area (Å²) < 4.78 is 19.3. The molecule has 1 saturated heterocycles. The summed E-state index contributed by atoms with van der Waals surface area (Å²) in [6, 6.07) is 13.4. The molecule has 1 aliphatic rings. The molecule has 7 heteroatoms. The van der Waals surface area contributed by atoms with E-state index >= 15 is 0 Å². The van der Waals surface area contributed by atoms with Gasteiger partial charge in [0, 0.05) is 24.2 Å². The zero-order valence-electron chi connectivity index (χ0n) is 19.9. The van der Waals surface area contributed by atoms with Crippen LogP contribution in [0.5, 0.6) is 5.75 Å². The Labute approximate surface area is 195 Å². The van der Waals surface area contributed by atoms with Gasteiger partial charge in [0.1, 0.15) is 11.6 Å². The SMILES string of the molecule is CC1CCCC(C)N1C(=O)COc1ccc(C(=O)NCC(c2cccc(F)c2)N(C)C)cc1. The number of hydrogen-bond donors (Lipinski definition) is 1. The van der Waals surface area contributed by atoms with E-state index in [1.807, 2.05) is 30.0 Å². The van der Waals surface area contributed by atoms with Crippen molar-refractivity contribution in [2.24, 2.45) is 0 Å². The topological polar surface area (TPSA) is 61.9 Å². The molecule has 1 heterocycles. The molecule has 0 radical (unpaired) electrons. The van der Waals surface area contributed by atoms with Crippen LogP contribution in [0, 0.1) is 5.82 Å². The van der Waals surface area contributed by atoms with E-state index in [9.17, 15) is 14.0 Å². The fraction of sp³-hybridized carbons (Fsp3) is 0.462. The summed E-state index contributed by atoms with van der Waals surface area (Å²) in [5.74, 6) is 0.00698. The third-order valence-electron chi connectivity index (χ3n) is 6.27. The van der Waals surface area contributed by atoms with Crippen molar-refractivity contribution in [1.82, 2.24) is 15.1 Å². The molecule has 3 rings (SSSR count). The number of carbonyl (C=O) groups is 2. The molecule has 0 aliphatic carbocycles. The van der Waals surface area contributed by atoms with Crippen molar-refractivity contribution in [2.45, 2.75) is 51.2 Å². The van der Waals surface area contributed by atoms with Gasteiger partial charge in [0.05, 0.1) is 6.04 Å². The van der Waals surface area contributed by atoms with Gasteiger partial charge in [0.2, 0.25) is 0 Å². The molecule has 2 amide bonds. The minimum atomic E-state index is -0.302. The fourth-order valence-electron chi connectivity index (χ4n) is 4.44. The predicted octanol–water partition coefficient (Wildman–Crippen LogP) is 4.03. The summed E-state index contributed by atoms with van der Waals surface area (Å²) in [6.45, 7) is 4.48. The Morgan fingerprint density at radius 2 is 1.79 bits per heavy atom. The standard InChI is InChI=1S/C26H34FN3O3/c1-18-7-5-8-19(2)30(18)25(31)17-33-23-13-11-20(12-14-23)26(32)28-16-24(29(3)4)21-9-6-10-22(27)15-21/h6,9-15,18-19,24H,5,7-8,16-17H2,1-4H3,(H,28,32). The van der Waals surface area contributed by atoms with Gasteiger partial charge in [0.15, 0.2) is 6.61 Å². The number of nitrogens with zero attached hydrogens (tertiary/aromatic N) is 2. The lowest BCUT2D eigenvalue weighted by atomic mass is 9.97. The van der Waals surface area contributed by atoms with E-state index in [0.717, 1.165) is 24.8 Å². The maximum atomic E-state index is 13.6. The molecular formula is C26H34FN3O3.